The van der Waals surface area contributed by atoms with Gasteiger partial charge in [-0.25, -0.2) is 4.79 Å². The van der Waals surface area contributed by atoms with Crippen LogP contribution in [0.5, 0.6) is 0 Å². The molecule has 32 heavy (non-hydrogen) atoms. The topological polar surface area (TPSA) is 116 Å². The highest BCUT2D eigenvalue weighted by atomic mass is 16.5. The molecule has 0 atom stereocenters. The third-order valence-corrected chi connectivity index (χ3v) is 5.01. The molecule has 0 bridgehead atoms. The third kappa shape index (κ3) is 4.79. The smallest absolute Gasteiger partial charge is 0.340 e. The molecule has 0 aliphatic heterocycles. The summed E-state index contributed by atoms with van der Waals surface area (Å²) in [5, 5.41) is 24.3. The number of esters is 1. The SMILES string of the molecule is Cc1c(C#N)c(NC(=O)COC(=O)c2ccccc2NCCO)n(-c2ccccc2)c1C. The van der Waals surface area contributed by atoms with Crippen LogP contribution in [0.4, 0.5) is 11.5 Å². The molecule has 0 unspecified atom stereocenters. The summed E-state index contributed by atoms with van der Waals surface area (Å²) in [6.07, 6.45) is 0. The monoisotopic (exact) mass is 432 g/mol. The molecule has 8 heteroatoms. The van der Waals surface area contributed by atoms with Crippen molar-refractivity contribution < 1.29 is 19.4 Å². The summed E-state index contributed by atoms with van der Waals surface area (Å²) < 4.78 is 6.99. The molecule has 0 saturated carbocycles. The van der Waals surface area contributed by atoms with Crippen molar-refractivity contribution in [1.29, 1.82) is 5.26 Å². The van der Waals surface area contributed by atoms with Crippen molar-refractivity contribution in [1.82, 2.24) is 4.57 Å². The zero-order valence-electron chi connectivity index (χ0n) is 17.9. The first-order valence-electron chi connectivity index (χ1n) is 10.1. The van der Waals surface area contributed by atoms with Gasteiger partial charge < -0.3 is 20.5 Å². The van der Waals surface area contributed by atoms with Crippen LogP contribution >= 0.6 is 0 Å². The second kappa shape index (κ2) is 10.3. The Hall–Kier alpha value is -4.09. The summed E-state index contributed by atoms with van der Waals surface area (Å²) in [5.74, 6) is -0.905. The average molecular weight is 432 g/mol. The Labute approximate surface area is 186 Å². The second-order valence-electron chi connectivity index (χ2n) is 7.04. The molecular weight excluding hydrogens is 408 g/mol. The van der Waals surface area contributed by atoms with Gasteiger partial charge in [-0.1, -0.05) is 30.3 Å². The molecule has 0 aliphatic carbocycles. The molecule has 1 amide bonds. The molecular formula is C24H24N4O4. The number of benzene rings is 2. The lowest BCUT2D eigenvalue weighted by molar-refractivity contribution is -0.119. The number of aromatic nitrogens is 1. The van der Waals surface area contributed by atoms with Crippen molar-refractivity contribution in [2.24, 2.45) is 0 Å². The number of nitrogens with zero attached hydrogens (tertiary/aromatic N) is 2. The number of nitrogens with one attached hydrogen (secondary N) is 2. The maximum atomic E-state index is 12.6. The summed E-state index contributed by atoms with van der Waals surface area (Å²) in [7, 11) is 0. The fourth-order valence-corrected chi connectivity index (χ4v) is 3.34. The van der Waals surface area contributed by atoms with E-state index in [1.165, 1.54) is 0 Å². The van der Waals surface area contributed by atoms with Gasteiger partial charge in [0.15, 0.2) is 6.61 Å². The molecule has 2 aromatic carbocycles. The van der Waals surface area contributed by atoms with Gasteiger partial charge in [-0.05, 0) is 43.7 Å². The Morgan fingerprint density at radius 1 is 1.09 bits per heavy atom. The maximum absolute atomic E-state index is 12.6. The minimum absolute atomic E-state index is 0.0904. The highest BCUT2D eigenvalue weighted by Crippen LogP contribution is 2.29. The van der Waals surface area contributed by atoms with E-state index in [2.05, 4.69) is 16.7 Å². The van der Waals surface area contributed by atoms with Crippen molar-refractivity contribution >= 4 is 23.4 Å². The summed E-state index contributed by atoms with van der Waals surface area (Å²) in [5.41, 5.74) is 3.49. The number of aliphatic hydroxyl groups excluding tert-OH is 1. The number of hydrogen-bond acceptors (Lipinski definition) is 6. The number of hydrogen-bond donors (Lipinski definition) is 3. The van der Waals surface area contributed by atoms with Gasteiger partial charge in [0.2, 0.25) is 0 Å². The number of carbonyl (C=O) groups excluding carboxylic acids is 2. The number of para-hydroxylation sites is 2. The number of rotatable bonds is 8. The third-order valence-electron chi connectivity index (χ3n) is 5.01. The van der Waals surface area contributed by atoms with Gasteiger partial charge in [0.05, 0.1) is 17.7 Å². The minimum atomic E-state index is -0.674. The van der Waals surface area contributed by atoms with Crippen LogP contribution < -0.4 is 10.6 Å². The first-order chi connectivity index (χ1) is 15.5. The van der Waals surface area contributed by atoms with E-state index in [-0.39, 0.29) is 18.7 Å². The molecule has 1 heterocycles. The highest BCUT2D eigenvalue weighted by molar-refractivity contribution is 5.99. The van der Waals surface area contributed by atoms with Crippen LogP contribution in [0, 0.1) is 25.2 Å². The standard InChI is InChI=1S/C24H24N4O4/c1-16-17(2)28(18-8-4-3-5-9-18)23(20(16)14-25)27-22(30)15-32-24(31)19-10-6-7-11-21(19)26-12-13-29/h3-11,26,29H,12-13,15H2,1-2H3,(H,27,30). The van der Waals surface area contributed by atoms with Crippen LogP contribution in [0.3, 0.4) is 0 Å². The average Bonchev–Trinajstić information content (AvgIpc) is 3.05. The molecule has 0 fully saturated rings. The van der Waals surface area contributed by atoms with E-state index in [1.807, 2.05) is 44.2 Å². The number of aliphatic hydroxyl groups is 1. The lowest BCUT2D eigenvalue weighted by Gasteiger charge is -2.14. The van der Waals surface area contributed by atoms with Crippen molar-refractivity contribution in [3.8, 4) is 11.8 Å². The number of nitriles is 1. The minimum Gasteiger partial charge on any atom is -0.452 e. The van der Waals surface area contributed by atoms with E-state index in [1.54, 1.807) is 28.8 Å². The molecule has 0 aliphatic rings. The lowest BCUT2D eigenvalue weighted by Crippen LogP contribution is -2.23. The van der Waals surface area contributed by atoms with Gasteiger partial charge in [-0.2, -0.15) is 5.26 Å². The van der Waals surface area contributed by atoms with Crippen LogP contribution in [-0.4, -0.2) is 41.3 Å². The van der Waals surface area contributed by atoms with E-state index in [9.17, 15) is 14.9 Å². The van der Waals surface area contributed by atoms with Crippen molar-refractivity contribution in [3.63, 3.8) is 0 Å². The molecule has 3 N–H and O–H groups in total. The number of carbonyl (C=O) groups is 2. The molecule has 0 radical (unpaired) electrons. The van der Waals surface area contributed by atoms with Gasteiger partial charge in [-0.3, -0.25) is 9.36 Å². The molecule has 1 aromatic heterocycles. The van der Waals surface area contributed by atoms with E-state index < -0.39 is 18.5 Å². The molecule has 0 spiro atoms. The van der Waals surface area contributed by atoms with Crippen LogP contribution in [0.25, 0.3) is 5.69 Å². The zero-order valence-corrected chi connectivity index (χ0v) is 17.9. The fraction of sp³-hybridized carbons (Fsp3) is 0.208. The molecule has 3 aromatic rings. The van der Waals surface area contributed by atoms with Crippen LogP contribution in [-0.2, 0) is 9.53 Å². The van der Waals surface area contributed by atoms with Crippen LogP contribution in [0.2, 0.25) is 0 Å². The van der Waals surface area contributed by atoms with Crippen LogP contribution in [0.1, 0.15) is 27.2 Å². The maximum Gasteiger partial charge on any atom is 0.340 e. The van der Waals surface area contributed by atoms with Crippen LogP contribution in [0.15, 0.2) is 54.6 Å². The second-order valence-corrected chi connectivity index (χ2v) is 7.04. The Bertz CT molecular complexity index is 1160. The quantitative estimate of drug-likeness (QED) is 0.471. The first-order valence-corrected chi connectivity index (χ1v) is 10.1. The Kier molecular flexibility index (Phi) is 7.26. The Morgan fingerprint density at radius 3 is 2.47 bits per heavy atom. The lowest BCUT2D eigenvalue weighted by atomic mass is 10.2. The Balaban J connectivity index is 1.77. The van der Waals surface area contributed by atoms with Gasteiger partial charge in [0, 0.05) is 23.6 Å². The predicted octanol–water partition coefficient (Wildman–Crippen LogP) is 3.17. The molecule has 8 nitrogen and oxygen atoms in total. The largest absolute Gasteiger partial charge is 0.452 e. The van der Waals surface area contributed by atoms with E-state index in [4.69, 9.17) is 9.84 Å². The molecule has 164 valence electrons. The molecule has 3 rings (SSSR count). The van der Waals surface area contributed by atoms with E-state index in [0.717, 1.165) is 16.9 Å². The fourth-order valence-electron chi connectivity index (χ4n) is 3.34. The van der Waals surface area contributed by atoms with E-state index in [0.29, 0.717) is 17.1 Å². The predicted molar refractivity (Wildman–Crippen MR) is 121 cm³/mol. The zero-order chi connectivity index (χ0) is 23.1. The van der Waals surface area contributed by atoms with Crippen molar-refractivity contribution in [3.05, 3.63) is 77.0 Å². The Morgan fingerprint density at radius 2 is 1.78 bits per heavy atom. The summed E-state index contributed by atoms with van der Waals surface area (Å²) in [6.45, 7) is 3.36. The normalized spacial score (nSPS) is 10.3. The van der Waals surface area contributed by atoms with Gasteiger partial charge >= 0.3 is 5.97 Å². The van der Waals surface area contributed by atoms with Crippen molar-refractivity contribution in [2.75, 3.05) is 30.4 Å². The number of amides is 1. The summed E-state index contributed by atoms with van der Waals surface area (Å²) >= 11 is 0. The number of anilines is 2. The van der Waals surface area contributed by atoms with Gasteiger partial charge in [0.1, 0.15) is 11.9 Å². The van der Waals surface area contributed by atoms with E-state index >= 15 is 0 Å². The molecule has 0 saturated heterocycles. The summed E-state index contributed by atoms with van der Waals surface area (Å²) in [4.78, 5) is 25.1. The highest BCUT2D eigenvalue weighted by Gasteiger charge is 2.21. The van der Waals surface area contributed by atoms with Crippen molar-refractivity contribution in [2.45, 2.75) is 13.8 Å². The number of ether oxygens (including phenoxy) is 1. The van der Waals surface area contributed by atoms with Gasteiger partial charge in [0.25, 0.3) is 5.91 Å². The first kappa shape index (κ1) is 22.6. The van der Waals surface area contributed by atoms with Gasteiger partial charge in [-0.15, -0.1) is 0 Å². The summed E-state index contributed by atoms with van der Waals surface area (Å²) in [6, 6.07) is 18.2.